The second-order valence-electron chi connectivity index (χ2n) is 4.17. The van der Waals surface area contributed by atoms with Crippen molar-refractivity contribution in [3.63, 3.8) is 0 Å². The Kier molecular flexibility index (Phi) is 4.32. The van der Waals surface area contributed by atoms with Gasteiger partial charge in [-0.1, -0.05) is 30.3 Å². The molecule has 0 aliphatic carbocycles. The highest BCUT2D eigenvalue weighted by Gasteiger charge is 2.14. The first-order valence-corrected chi connectivity index (χ1v) is 6.79. The van der Waals surface area contributed by atoms with Crippen molar-refractivity contribution in [3.05, 3.63) is 69.6 Å². The van der Waals surface area contributed by atoms with Crippen molar-refractivity contribution in [2.45, 2.75) is 6.42 Å². The summed E-state index contributed by atoms with van der Waals surface area (Å²) < 4.78 is 0. The molecule has 0 unspecified atom stereocenters. The van der Waals surface area contributed by atoms with Crippen LogP contribution in [0.2, 0.25) is 0 Å². The molecule has 4 nitrogen and oxygen atoms in total. The minimum Gasteiger partial charge on any atom is -0.502 e. The van der Waals surface area contributed by atoms with Gasteiger partial charge < -0.3 is 10.2 Å². The number of carboxylic acids is 1. The average Bonchev–Trinajstić information content (AvgIpc) is 2.88. The van der Waals surface area contributed by atoms with E-state index in [4.69, 9.17) is 10.2 Å². The second kappa shape index (κ2) is 6.16. The van der Waals surface area contributed by atoms with E-state index in [0.717, 1.165) is 17.2 Å². The lowest BCUT2D eigenvalue weighted by Gasteiger charge is -2.02. The van der Waals surface area contributed by atoms with Crippen molar-refractivity contribution in [1.29, 1.82) is 0 Å². The number of carbonyl (C=O) groups excluding carboxylic acids is 1. The van der Waals surface area contributed by atoms with E-state index in [1.54, 1.807) is 5.38 Å². The Labute approximate surface area is 119 Å². The van der Waals surface area contributed by atoms with Gasteiger partial charge >= 0.3 is 5.97 Å². The fourth-order valence-electron chi connectivity index (χ4n) is 1.76. The van der Waals surface area contributed by atoms with Crippen molar-refractivity contribution in [2.75, 3.05) is 0 Å². The average molecular weight is 288 g/mol. The molecule has 0 amide bonds. The first-order chi connectivity index (χ1) is 9.58. The van der Waals surface area contributed by atoms with Crippen LogP contribution in [0.1, 0.15) is 21.5 Å². The molecule has 1 aromatic carbocycles. The van der Waals surface area contributed by atoms with Crippen LogP contribution >= 0.6 is 11.3 Å². The number of carboxylic acid groups (broad SMARTS) is 1. The number of hydrogen-bond acceptors (Lipinski definition) is 4. The zero-order chi connectivity index (χ0) is 14.5. The molecule has 0 fully saturated rings. The predicted molar refractivity (Wildman–Crippen MR) is 76.2 cm³/mol. The molecule has 102 valence electrons. The van der Waals surface area contributed by atoms with Gasteiger partial charge in [-0.2, -0.15) is 11.3 Å². The van der Waals surface area contributed by atoms with E-state index >= 15 is 0 Å². The van der Waals surface area contributed by atoms with E-state index in [0.29, 0.717) is 12.0 Å². The van der Waals surface area contributed by atoms with E-state index in [1.807, 2.05) is 35.7 Å². The second-order valence-corrected chi connectivity index (χ2v) is 4.92. The van der Waals surface area contributed by atoms with Crippen molar-refractivity contribution in [3.8, 4) is 0 Å². The van der Waals surface area contributed by atoms with Gasteiger partial charge in [0.1, 0.15) is 0 Å². The lowest BCUT2D eigenvalue weighted by molar-refractivity contribution is -0.135. The maximum absolute atomic E-state index is 11.9. The number of aliphatic hydroxyl groups excluding tert-OH is 1. The summed E-state index contributed by atoms with van der Waals surface area (Å²) in [6.07, 6.45) is 1.33. The zero-order valence-corrected chi connectivity index (χ0v) is 11.3. The third-order valence-corrected chi connectivity index (χ3v) is 3.52. The predicted octanol–water partition coefficient (Wildman–Crippen LogP) is 3.05. The topological polar surface area (TPSA) is 74.6 Å². The summed E-state index contributed by atoms with van der Waals surface area (Å²) in [4.78, 5) is 22.5. The Morgan fingerprint density at radius 2 is 1.80 bits per heavy atom. The van der Waals surface area contributed by atoms with Crippen LogP contribution in [0, 0.1) is 0 Å². The summed E-state index contributed by atoms with van der Waals surface area (Å²) in [5, 5.41) is 21.2. The number of ketones is 1. The lowest BCUT2D eigenvalue weighted by atomic mass is 10.0. The van der Waals surface area contributed by atoms with E-state index < -0.39 is 17.5 Å². The molecular weight excluding hydrogens is 276 g/mol. The fraction of sp³-hybridized carbons (Fsp3) is 0.0667. The summed E-state index contributed by atoms with van der Waals surface area (Å²) >= 11 is 1.37. The number of hydrogen-bond donors (Lipinski definition) is 2. The number of aliphatic hydroxyl groups is 1. The molecule has 0 spiro atoms. The van der Waals surface area contributed by atoms with Crippen molar-refractivity contribution in [1.82, 2.24) is 0 Å². The molecule has 0 aliphatic heterocycles. The molecule has 0 radical (unpaired) electrons. The maximum atomic E-state index is 11.9. The van der Waals surface area contributed by atoms with Crippen LogP contribution in [-0.4, -0.2) is 22.0 Å². The normalized spacial score (nSPS) is 11.3. The van der Waals surface area contributed by atoms with E-state index in [9.17, 15) is 9.59 Å². The number of benzene rings is 1. The molecular formula is C15H12O4S. The molecule has 1 aromatic heterocycles. The lowest BCUT2D eigenvalue weighted by Crippen LogP contribution is -2.05. The molecule has 2 N–H and O–H groups in total. The Morgan fingerprint density at radius 3 is 2.45 bits per heavy atom. The summed E-state index contributed by atoms with van der Waals surface area (Å²) in [5.74, 6) is -2.97. The highest BCUT2D eigenvalue weighted by molar-refractivity contribution is 7.08. The van der Waals surface area contributed by atoms with Gasteiger partial charge in [-0.05, 0) is 22.9 Å². The van der Waals surface area contributed by atoms with Crippen LogP contribution in [0.3, 0.4) is 0 Å². The third kappa shape index (κ3) is 3.33. The van der Waals surface area contributed by atoms with Crippen LogP contribution in [-0.2, 0) is 11.2 Å². The number of carbonyl (C=O) groups is 2. The van der Waals surface area contributed by atoms with Gasteiger partial charge in [0.15, 0.2) is 5.78 Å². The quantitative estimate of drug-likeness (QED) is 0.504. The molecule has 0 aliphatic rings. The van der Waals surface area contributed by atoms with Gasteiger partial charge in [-0.3, -0.25) is 4.79 Å². The van der Waals surface area contributed by atoms with Crippen LogP contribution in [0.25, 0.3) is 0 Å². The summed E-state index contributed by atoms with van der Waals surface area (Å²) in [5.41, 5.74) is 2.30. The molecule has 0 saturated heterocycles. The highest BCUT2D eigenvalue weighted by Crippen LogP contribution is 2.20. The molecule has 0 bridgehead atoms. The van der Waals surface area contributed by atoms with Crippen molar-refractivity contribution < 1.29 is 19.8 Å². The molecule has 0 atom stereocenters. The molecule has 20 heavy (non-hydrogen) atoms. The monoisotopic (exact) mass is 288 g/mol. The molecule has 5 heteroatoms. The zero-order valence-electron chi connectivity index (χ0n) is 10.4. The molecule has 2 aromatic rings. The molecule has 0 saturated carbocycles. The molecule has 1 heterocycles. The number of rotatable bonds is 5. The molecule has 2 rings (SSSR count). The Hall–Kier alpha value is -2.40. The van der Waals surface area contributed by atoms with Crippen molar-refractivity contribution in [2.24, 2.45) is 0 Å². The van der Waals surface area contributed by atoms with Gasteiger partial charge in [0.05, 0.1) is 0 Å². The van der Waals surface area contributed by atoms with Crippen LogP contribution < -0.4 is 0 Å². The fourth-order valence-corrected chi connectivity index (χ4v) is 2.60. The minimum atomic E-state index is -1.52. The smallest absolute Gasteiger partial charge is 0.371 e. The van der Waals surface area contributed by atoms with Crippen LogP contribution in [0.5, 0.6) is 0 Å². The summed E-state index contributed by atoms with van der Waals surface area (Å²) in [7, 11) is 0. The first kappa shape index (κ1) is 14.0. The standard InChI is InChI=1S/C15H12O4S/c16-13(7-14(17)15(18)19)12-9-20-8-11(12)6-10-4-2-1-3-5-10/h1-5,7-9,17H,6H2,(H,18,19). The highest BCUT2D eigenvalue weighted by atomic mass is 32.1. The Balaban J connectivity index is 2.23. The largest absolute Gasteiger partial charge is 0.502 e. The number of allylic oxidation sites excluding steroid dienone is 1. The van der Waals surface area contributed by atoms with Crippen LogP contribution in [0.4, 0.5) is 0 Å². The van der Waals surface area contributed by atoms with Gasteiger partial charge in [0.2, 0.25) is 5.76 Å². The minimum absolute atomic E-state index is 0.423. The van der Waals surface area contributed by atoms with Gasteiger partial charge in [0.25, 0.3) is 0 Å². The summed E-state index contributed by atoms with van der Waals surface area (Å²) in [6.45, 7) is 0. The van der Waals surface area contributed by atoms with E-state index in [2.05, 4.69) is 0 Å². The van der Waals surface area contributed by atoms with Gasteiger partial charge in [-0.25, -0.2) is 4.79 Å². The van der Waals surface area contributed by atoms with Crippen LogP contribution in [0.15, 0.2) is 52.9 Å². The van der Waals surface area contributed by atoms with Crippen molar-refractivity contribution >= 4 is 23.1 Å². The van der Waals surface area contributed by atoms with E-state index in [-0.39, 0.29) is 0 Å². The number of aliphatic carboxylic acids is 1. The Morgan fingerprint density at radius 1 is 1.10 bits per heavy atom. The summed E-state index contributed by atoms with van der Waals surface area (Å²) in [6, 6.07) is 9.66. The third-order valence-electron chi connectivity index (χ3n) is 2.73. The first-order valence-electron chi connectivity index (χ1n) is 5.85. The SMILES string of the molecule is O=C(O)C(O)=CC(=O)c1cscc1Cc1ccccc1. The maximum Gasteiger partial charge on any atom is 0.371 e. The Bertz CT molecular complexity index is 656. The van der Waals surface area contributed by atoms with Gasteiger partial charge in [0, 0.05) is 17.0 Å². The van der Waals surface area contributed by atoms with Gasteiger partial charge in [-0.15, -0.1) is 0 Å². The van der Waals surface area contributed by atoms with E-state index in [1.165, 1.54) is 11.3 Å². The number of thiophene rings is 1.